The molecule has 5 heteroatoms. The lowest BCUT2D eigenvalue weighted by atomic mass is 10.2. The van der Waals surface area contributed by atoms with Crippen LogP contribution in [0, 0.1) is 0 Å². The van der Waals surface area contributed by atoms with Crippen molar-refractivity contribution >= 4 is 15.9 Å². The lowest BCUT2D eigenvalue weighted by Gasteiger charge is -2.12. The summed E-state index contributed by atoms with van der Waals surface area (Å²) in [5.74, 6) is 0.784. The number of aromatic nitrogens is 2. The number of nitrogens with two attached hydrogens (primary N) is 1. The van der Waals surface area contributed by atoms with Crippen LogP contribution in [0.15, 0.2) is 35.2 Å². The third-order valence-corrected chi connectivity index (χ3v) is 3.20. The fraction of sp³-hybridized carbons (Fsp3) is 0.250. The molecule has 0 aliphatic heterocycles. The smallest absolute Gasteiger partial charge is 0.135 e. The SMILES string of the molecule is COc1cc(-n2cncc2[C@@H](C)N)ccc1Br. The van der Waals surface area contributed by atoms with E-state index in [2.05, 4.69) is 20.9 Å². The Morgan fingerprint density at radius 1 is 1.47 bits per heavy atom. The predicted octanol–water partition coefficient (Wildman–Crippen LogP) is 2.66. The van der Waals surface area contributed by atoms with E-state index in [0.717, 1.165) is 21.6 Å². The first-order chi connectivity index (χ1) is 8.13. The minimum Gasteiger partial charge on any atom is -0.495 e. The third kappa shape index (κ3) is 2.35. The van der Waals surface area contributed by atoms with Gasteiger partial charge < -0.3 is 15.0 Å². The maximum Gasteiger partial charge on any atom is 0.135 e. The van der Waals surface area contributed by atoms with Crippen LogP contribution >= 0.6 is 15.9 Å². The fourth-order valence-corrected chi connectivity index (χ4v) is 2.06. The van der Waals surface area contributed by atoms with Gasteiger partial charge in [0.25, 0.3) is 0 Å². The van der Waals surface area contributed by atoms with E-state index >= 15 is 0 Å². The summed E-state index contributed by atoms with van der Waals surface area (Å²) in [5, 5.41) is 0. The zero-order chi connectivity index (χ0) is 12.4. The number of imidazole rings is 1. The van der Waals surface area contributed by atoms with Crippen molar-refractivity contribution < 1.29 is 4.74 Å². The zero-order valence-electron chi connectivity index (χ0n) is 9.72. The molecule has 0 spiro atoms. The van der Waals surface area contributed by atoms with E-state index in [9.17, 15) is 0 Å². The van der Waals surface area contributed by atoms with Gasteiger partial charge in [0.1, 0.15) is 5.75 Å². The Hall–Kier alpha value is -1.33. The topological polar surface area (TPSA) is 53.1 Å². The van der Waals surface area contributed by atoms with Crippen molar-refractivity contribution in [2.45, 2.75) is 13.0 Å². The highest BCUT2D eigenvalue weighted by molar-refractivity contribution is 9.10. The Labute approximate surface area is 109 Å². The number of ether oxygens (including phenoxy) is 1. The van der Waals surface area contributed by atoms with Crippen LogP contribution in [0.5, 0.6) is 5.75 Å². The van der Waals surface area contributed by atoms with Crippen molar-refractivity contribution in [2.75, 3.05) is 7.11 Å². The van der Waals surface area contributed by atoms with Crippen LogP contribution in [-0.4, -0.2) is 16.7 Å². The van der Waals surface area contributed by atoms with Gasteiger partial charge in [0.2, 0.25) is 0 Å². The summed E-state index contributed by atoms with van der Waals surface area (Å²) in [6.07, 6.45) is 3.53. The molecule has 1 aromatic heterocycles. The molecule has 0 fully saturated rings. The van der Waals surface area contributed by atoms with Gasteiger partial charge in [-0.3, -0.25) is 0 Å². The quantitative estimate of drug-likeness (QED) is 0.947. The molecule has 0 aliphatic rings. The standard InChI is InChI=1S/C12H14BrN3O/c1-8(14)11-6-15-7-16(11)9-3-4-10(13)12(5-9)17-2/h3-8H,14H2,1-2H3/t8-/m1/s1. The third-order valence-electron chi connectivity index (χ3n) is 2.55. The molecule has 2 N–H and O–H groups in total. The molecule has 0 radical (unpaired) electrons. The van der Waals surface area contributed by atoms with E-state index in [1.165, 1.54) is 0 Å². The summed E-state index contributed by atoms with van der Waals surface area (Å²) in [4.78, 5) is 4.13. The lowest BCUT2D eigenvalue weighted by Crippen LogP contribution is -2.10. The van der Waals surface area contributed by atoms with Crippen molar-refractivity contribution in [1.29, 1.82) is 0 Å². The van der Waals surface area contributed by atoms with E-state index < -0.39 is 0 Å². The second-order valence-corrected chi connectivity index (χ2v) is 4.65. The molecule has 0 saturated heterocycles. The molecule has 1 aromatic carbocycles. The largest absolute Gasteiger partial charge is 0.495 e. The molecule has 4 nitrogen and oxygen atoms in total. The number of nitrogens with zero attached hydrogens (tertiary/aromatic N) is 2. The Kier molecular flexibility index (Phi) is 3.49. The maximum absolute atomic E-state index is 5.90. The van der Waals surface area contributed by atoms with Crippen LogP contribution < -0.4 is 10.5 Å². The highest BCUT2D eigenvalue weighted by Gasteiger charge is 2.10. The number of hydrogen-bond acceptors (Lipinski definition) is 3. The number of rotatable bonds is 3. The molecule has 0 amide bonds. The zero-order valence-corrected chi connectivity index (χ0v) is 11.3. The van der Waals surface area contributed by atoms with Crippen LogP contribution in [0.3, 0.4) is 0 Å². The van der Waals surface area contributed by atoms with Crippen LogP contribution in [0.4, 0.5) is 0 Å². The first kappa shape index (κ1) is 12.1. The van der Waals surface area contributed by atoms with Gasteiger partial charge in [-0.2, -0.15) is 0 Å². The summed E-state index contributed by atoms with van der Waals surface area (Å²) in [5.41, 5.74) is 7.84. The Morgan fingerprint density at radius 2 is 2.24 bits per heavy atom. The van der Waals surface area contributed by atoms with E-state index in [4.69, 9.17) is 10.5 Å². The average molecular weight is 296 g/mol. The van der Waals surface area contributed by atoms with Gasteiger partial charge in [0.05, 0.1) is 35.5 Å². The molecular formula is C12H14BrN3O. The van der Waals surface area contributed by atoms with Crippen LogP contribution in [0.2, 0.25) is 0 Å². The molecule has 2 rings (SSSR count). The molecule has 0 unspecified atom stereocenters. The lowest BCUT2D eigenvalue weighted by molar-refractivity contribution is 0.412. The highest BCUT2D eigenvalue weighted by atomic mass is 79.9. The molecule has 0 bridgehead atoms. The van der Waals surface area contributed by atoms with Gasteiger partial charge in [0.15, 0.2) is 0 Å². The molecule has 1 atom stereocenters. The normalized spacial score (nSPS) is 12.5. The number of benzene rings is 1. The Morgan fingerprint density at radius 3 is 2.88 bits per heavy atom. The average Bonchev–Trinajstić information content (AvgIpc) is 2.78. The number of hydrogen-bond donors (Lipinski definition) is 1. The van der Waals surface area contributed by atoms with E-state index in [0.29, 0.717) is 0 Å². The predicted molar refractivity (Wildman–Crippen MR) is 70.4 cm³/mol. The van der Waals surface area contributed by atoms with Crippen LogP contribution in [0.1, 0.15) is 18.7 Å². The van der Waals surface area contributed by atoms with Gasteiger partial charge in [-0.15, -0.1) is 0 Å². The van der Waals surface area contributed by atoms with Crippen molar-refractivity contribution in [3.63, 3.8) is 0 Å². The van der Waals surface area contributed by atoms with Gasteiger partial charge >= 0.3 is 0 Å². The van der Waals surface area contributed by atoms with E-state index in [1.54, 1.807) is 19.6 Å². The minimum atomic E-state index is -0.0628. The van der Waals surface area contributed by atoms with Crippen LogP contribution in [0.25, 0.3) is 5.69 Å². The molecule has 90 valence electrons. The maximum atomic E-state index is 5.90. The first-order valence-corrected chi connectivity index (χ1v) is 6.04. The molecule has 1 heterocycles. The summed E-state index contributed by atoms with van der Waals surface area (Å²) in [6.45, 7) is 1.93. The van der Waals surface area contributed by atoms with Crippen molar-refractivity contribution in [2.24, 2.45) is 5.73 Å². The molecule has 2 aromatic rings. The van der Waals surface area contributed by atoms with Gasteiger partial charge in [0, 0.05) is 12.1 Å². The molecule has 0 aliphatic carbocycles. The van der Waals surface area contributed by atoms with Gasteiger partial charge in [-0.1, -0.05) is 0 Å². The summed E-state index contributed by atoms with van der Waals surface area (Å²) in [6, 6.07) is 5.81. The summed E-state index contributed by atoms with van der Waals surface area (Å²) in [7, 11) is 1.64. The molecule has 0 saturated carbocycles. The van der Waals surface area contributed by atoms with Crippen LogP contribution in [-0.2, 0) is 0 Å². The van der Waals surface area contributed by atoms with Crippen molar-refractivity contribution in [1.82, 2.24) is 9.55 Å². The number of halogens is 1. The number of methoxy groups -OCH3 is 1. The van der Waals surface area contributed by atoms with Gasteiger partial charge in [-0.25, -0.2) is 4.98 Å². The van der Waals surface area contributed by atoms with E-state index in [1.807, 2.05) is 29.7 Å². The minimum absolute atomic E-state index is 0.0628. The summed E-state index contributed by atoms with van der Waals surface area (Å²) >= 11 is 3.43. The highest BCUT2D eigenvalue weighted by Crippen LogP contribution is 2.28. The second-order valence-electron chi connectivity index (χ2n) is 3.80. The van der Waals surface area contributed by atoms with Gasteiger partial charge in [-0.05, 0) is 35.0 Å². The molecule has 17 heavy (non-hydrogen) atoms. The fourth-order valence-electron chi connectivity index (χ4n) is 1.66. The first-order valence-electron chi connectivity index (χ1n) is 5.25. The summed E-state index contributed by atoms with van der Waals surface area (Å²) < 4.78 is 8.15. The molecular weight excluding hydrogens is 282 g/mol. The Bertz CT molecular complexity index is 522. The Balaban J connectivity index is 2.49. The monoisotopic (exact) mass is 295 g/mol. The van der Waals surface area contributed by atoms with Crippen molar-refractivity contribution in [3.05, 3.63) is 40.9 Å². The van der Waals surface area contributed by atoms with Crippen molar-refractivity contribution in [3.8, 4) is 11.4 Å². The second kappa shape index (κ2) is 4.89. The van der Waals surface area contributed by atoms with E-state index in [-0.39, 0.29) is 6.04 Å².